The first-order chi connectivity index (χ1) is 8.81. The van der Waals surface area contributed by atoms with Gasteiger partial charge in [-0.15, -0.1) is 0 Å². The van der Waals surface area contributed by atoms with Gasteiger partial charge in [0, 0.05) is 23.6 Å². The lowest BCUT2D eigenvalue weighted by molar-refractivity contribution is -0.139. The summed E-state index contributed by atoms with van der Waals surface area (Å²) < 4.78 is 0. The second kappa shape index (κ2) is 7.10. The van der Waals surface area contributed by atoms with Gasteiger partial charge in [0.15, 0.2) is 6.10 Å². The van der Waals surface area contributed by atoms with Gasteiger partial charge in [-0.3, -0.25) is 4.79 Å². The zero-order chi connectivity index (χ0) is 14.6. The lowest BCUT2D eigenvalue weighted by Crippen LogP contribution is -2.33. The third-order valence-electron chi connectivity index (χ3n) is 2.69. The predicted molar refractivity (Wildman–Crippen MR) is 75.4 cm³/mol. The summed E-state index contributed by atoms with van der Waals surface area (Å²) >= 11 is 11.7. The number of benzene rings is 1. The van der Waals surface area contributed by atoms with Crippen molar-refractivity contribution in [1.82, 2.24) is 4.90 Å². The van der Waals surface area contributed by atoms with Crippen LogP contribution in [0.5, 0.6) is 0 Å². The highest BCUT2D eigenvalue weighted by Crippen LogP contribution is 2.24. The maximum absolute atomic E-state index is 12.0. The Morgan fingerprint density at radius 3 is 2.26 bits per heavy atom. The third kappa shape index (κ3) is 4.99. The number of hydrogen-bond acceptors (Lipinski definition) is 3. The van der Waals surface area contributed by atoms with Crippen molar-refractivity contribution in [2.75, 3.05) is 13.6 Å². The number of hydrogen-bond donors (Lipinski definition) is 2. The van der Waals surface area contributed by atoms with Gasteiger partial charge in [-0.05, 0) is 37.1 Å². The molecule has 0 saturated heterocycles. The lowest BCUT2D eigenvalue weighted by Gasteiger charge is -2.21. The summed E-state index contributed by atoms with van der Waals surface area (Å²) in [6.45, 7) is 2.01. The summed E-state index contributed by atoms with van der Waals surface area (Å²) in [5, 5.41) is 19.9. The number of rotatable bonds is 5. The fraction of sp³-hybridized carbons (Fsp3) is 0.462. The highest BCUT2D eigenvalue weighted by molar-refractivity contribution is 6.34. The monoisotopic (exact) mass is 305 g/mol. The summed E-state index contributed by atoms with van der Waals surface area (Å²) in [6.07, 6.45) is -1.35. The number of likely N-dealkylation sites (N-methyl/N-ethyl adjacent to an activating group) is 1. The van der Waals surface area contributed by atoms with Crippen LogP contribution < -0.4 is 0 Å². The highest BCUT2D eigenvalue weighted by Gasteiger charge is 2.22. The zero-order valence-corrected chi connectivity index (χ0v) is 12.3. The molecule has 0 fully saturated rings. The summed E-state index contributed by atoms with van der Waals surface area (Å²) in [5.41, 5.74) is 0.353. The minimum Gasteiger partial charge on any atom is -0.393 e. The molecule has 2 N–H and O–H groups in total. The van der Waals surface area contributed by atoms with E-state index in [0.717, 1.165) is 0 Å². The minimum atomic E-state index is -1.31. The number of aliphatic hydroxyl groups is 2. The molecule has 6 heteroatoms. The molecule has 2 unspecified atom stereocenters. The van der Waals surface area contributed by atoms with Crippen LogP contribution >= 0.6 is 23.2 Å². The second-order valence-electron chi connectivity index (χ2n) is 4.50. The smallest absolute Gasteiger partial charge is 0.255 e. The molecule has 0 saturated carbocycles. The van der Waals surface area contributed by atoms with Crippen LogP contribution in [-0.4, -0.2) is 40.7 Å². The van der Waals surface area contributed by atoms with E-state index in [1.165, 1.54) is 23.1 Å². The molecule has 4 nitrogen and oxygen atoms in total. The Kier molecular flexibility index (Phi) is 6.07. The van der Waals surface area contributed by atoms with E-state index in [0.29, 0.717) is 28.6 Å². The third-order valence-corrected chi connectivity index (χ3v) is 3.13. The van der Waals surface area contributed by atoms with E-state index in [1.54, 1.807) is 14.0 Å². The fourth-order valence-electron chi connectivity index (χ4n) is 1.58. The maximum Gasteiger partial charge on any atom is 0.255 e. The number of halogens is 2. The molecule has 0 heterocycles. The van der Waals surface area contributed by atoms with E-state index >= 15 is 0 Å². The van der Waals surface area contributed by atoms with Crippen molar-refractivity contribution in [3.05, 3.63) is 33.8 Å². The summed E-state index contributed by atoms with van der Waals surface area (Å²) in [4.78, 5) is 13.4. The molecule has 1 aromatic carbocycles. The number of nitrogens with zero attached hydrogens (tertiary/aromatic N) is 1. The normalized spacial score (nSPS) is 14.0. The molecular formula is C13H17Cl2NO3. The molecule has 2 atom stereocenters. The first-order valence-electron chi connectivity index (χ1n) is 5.88. The van der Waals surface area contributed by atoms with Crippen LogP contribution in [0.15, 0.2) is 18.2 Å². The van der Waals surface area contributed by atoms with Crippen molar-refractivity contribution in [3.63, 3.8) is 0 Å². The van der Waals surface area contributed by atoms with E-state index in [2.05, 4.69) is 0 Å². The zero-order valence-electron chi connectivity index (χ0n) is 10.8. The molecule has 0 aliphatic rings. The molecule has 0 aliphatic heterocycles. The van der Waals surface area contributed by atoms with Gasteiger partial charge in [-0.2, -0.15) is 0 Å². The number of carbonyl (C=O) groups excluding carboxylic acids is 1. The second-order valence-corrected chi connectivity index (χ2v) is 5.38. The van der Waals surface area contributed by atoms with Gasteiger partial charge in [-0.25, -0.2) is 0 Å². The first kappa shape index (κ1) is 16.2. The van der Waals surface area contributed by atoms with Crippen LogP contribution in [0.2, 0.25) is 10.0 Å². The van der Waals surface area contributed by atoms with Gasteiger partial charge in [0.25, 0.3) is 5.91 Å². The Bertz CT molecular complexity index is 431. The van der Waals surface area contributed by atoms with Crippen molar-refractivity contribution in [1.29, 1.82) is 0 Å². The number of aliphatic hydroxyl groups excluding tert-OH is 2. The van der Waals surface area contributed by atoms with Gasteiger partial charge < -0.3 is 15.1 Å². The molecule has 0 bridgehead atoms. The van der Waals surface area contributed by atoms with Crippen LogP contribution in [0.3, 0.4) is 0 Å². The van der Waals surface area contributed by atoms with Crippen molar-refractivity contribution >= 4 is 29.1 Å². The molecule has 1 amide bonds. The standard InChI is InChI=1S/C13H17Cl2NO3/c1-8(17)3-4-16(2)13(19)12(18)9-5-10(14)7-11(15)6-9/h5-8,12,17-18H,3-4H2,1-2H3. The summed E-state index contributed by atoms with van der Waals surface area (Å²) in [5.74, 6) is -0.459. The van der Waals surface area contributed by atoms with E-state index in [4.69, 9.17) is 23.2 Å². The van der Waals surface area contributed by atoms with Gasteiger partial charge in [-0.1, -0.05) is 23.2 Å². The van der Waals surface area contributed by atoms with Crippen molar-refractivity contribution < 1.29 is 15.0 Å². The van der Waals surface area contributed by atoms with Crippen LogP contribution in [0.4, 0.5) is 0 Å². The molecular weight excluding hydrogens is 289 g/mol. The van der Waals surface area contributed by atoms with Gasteiger partial charge >= 0.3 is 0 Å². The number of carbonyl (C=O) groups is 1. The van der Waals surface area contributed by atoms with E-state index in [-0.39, 0.29) is 0 Å². The van der Waals surface area contributed by atoms with E-state index < -0.39 is 18.1 Å². The molecule has 19 heavy (non-hydrogen) atoms. The lowest BCUT2D eigenvalue weighted by atomic mass is 10.1. The molecule has 0 spiro atoms. The fourth-order valence-corrected chi connectivity index (χ4v) is 2.12. The van der Waals surface area contributed by atoms with Crippen LogP contribution in [0.25, 0.3) is 0 Å². The number of amides is 1. The Balaban J connectivity index is 2.75. The Labute approximate surface area is 122 Å². The molecule has 1 rings (SSSR count). The average Bonchev–Trinajstić information content (AvgIpc) is 2.32. The van der Waals surface area contributed by atoms with E-state index in [1.807, 2.05) is 0 Å². The largest absolute Gasteiger partial charge is 0.393 e. The predicted octanol–water partition coefficient (Wildman–Crippen LogP) is 2.26. The summed E-state index contributed by atoms with van der Waals surface area (Å²) in [7, 11) is 1.57. The Morgan fingerprint density at radius 2 is 1.79 bits per heavy atom. The SMILES string of the molecule is CC(O)CCN(C)C(=O)C(O)c1cc(Cl)cc(Cl)c1. The molecule has 106 valence electrons. The maximum atomic E-state index is 12.0. The quantitative estimate of drug-likeness (QED) is 0.877. The van der Waals surface area contributed by atoms with Crippen molar-refractivity contribution in [3.8, 4) is 0 Å². The Hall–Kier alpha value is -0.810. The Morgan fingerprint density at radius 1 is 1.26 bits per heavy atom. The average molecular weight is 306 g/mol. The molecule has 0 aliphatic carbocycles. The van der Waals surface area contributed by atoms with Crippen molar-refractivity contribution in [2.45, 2.75) is 25.6 Å². The molecule has 1 aromatic rings. The molecule has 0 radical (unpaired) electrons. The highest BCUT2D eigenvalue weighted by atomic mass is 35.5. The van der Waals surface area contributed by atoms with Crippen LogP contribution in [0.1, 0.15) is 25.0 Å². The van der Waals surface area contributed by atoms with Crippen LogP contribution in [-0.2, 0) is 4.79 Å². The van der Waals surface area contributed by atoms with Gasteiger partial charge in [0.05, 0.1) is 6.10 Å². The first-order valence-corrected chi connectivity index (χ1v) is 6.64. The van der Waals surface area contributed by atoms with Crippen LogP contribution in [0, 0.1) is 0 Å². The van der Waals surface area contributed by atoms with Gasteiger partial charge in [0.2, 0.25) is 0 Å². The topological polar surface area (TPSA) is 60.8 Å². The van der Waals surface area contributed by atoms with Gasteiger partial charge in [0.1, 0.15) is 0 Å². The minimum absolute atomic E-state index is 0.353. The van der Waals surface area contributed by atoms with Crippen molar-refractivity contribution in [2.24, 2.45) is 0 Å². The summed E-state index contributed by atoms with van der Waals surface area (Å²) in [6, 6.07) is 4.53. The van der Waals surface area contributed by atoms with E-state index in [9.17, 15) is 15.0 Å². The molecule has 0 aromatic heterocycles.